The fourth-order valence-corrected chi connectivity index (χ4v) is 4.34. The van der Waals surface area contributed by atoms with Crippen molar-refractivity contribution in [3.63, 3.8) is 0 Å². The van der Waals surface area contributed by atoms with Crippen LogP contribution in [0.3, 0.4) is 0 Å². The highest BCUT2D eigenvalue weighted by Gasteiger charge is 2.40. The highest BCUT2D eigenvalue weighted by atomic mass is 16.5. The zero-order chi connectivity index (χ0) is 18.7. The summed E-state index contributed by atoms with van der Waals surface area (Å²) in [7, 11) is 1.99. The van der Waals surface area contributed by atoms with Crippen molar-refractivity contribution in [1.29, 1.82) is 0 Å². The van der Waals surface area contributed by atoms with Gasteiger partial charge in [0.25, 0.3) is 0 Å². The lowest BCUT2D eigenvalue weighted by molar-refractivity contribution is 0.0217. The van der Waals surface area contributed by atoms with Crippen LogP contribution in [0.2, 0.25) is 0 Å². The first-order valence-electron chi connectivity index (χ1n) is 10.2. The van der Waals surface area contributed by atoms with Gasteiger partial charge in [0.05, 0.1) is 6.10 Å². The van der Waals surface area contributed by atoms with Crippen molar-refractivity contribution in [2.24, 2.45) is 17.5 Å². The van der Waals surface area contributed by atoms with Gasteiger partial charge >= 0.3 is 0 Å². The van der Waals surface area contributed by atoms with Gasteiger partial charge < -0.3 is 24.3 Å². The summed E-state index contributed by atoms with van der Waals surface area (Å²) in [5, 5.41) is 12.0. The van der Waals surface area contributed by atoms with E-state index in [0.29, 0.717) is 18.1 Å². The topological polar surface area (TPSA) is 76.8 Å². The number of likely N-dealkylation sites (tertiary alicyclic amines) is 1. The van der Waals surface area contributed by atoms with Crippen LogP contribution in [0, 0.1) is 12.3 Å². The van der Waals surface area contributed by atoms with E-state index in [2.05, 4.69) is 20.4 Å². The molecule has 1 aromatic heterocycles. The maximum atomic E-state index is 5.78. The van der Waals surface area contributed by atoms with E-state index in [4.69, 9.17) is 14.5 Å². The van der Waals surface area contributed by atoms with Crippen molar-refractivity contribution in [3.05, 3.63) is 11.6 Å². The highest BCUT2D eigenvalue weighted by molar-refractivity contribution is 5.80. The quantitative estimate of drug-likeness (QED) is 0.630. The van der Waals surface area contributed by atoms with Crippen LogP contribution >= 0.6 is 0 Å². The lowest BCUT2D eigenvalue weighted by atomic mass is 9.80. The first kappa shape index (κ1) is 18.7. The summed E-state index contributed by atoms with van der Waals surface area (Å²) in [6.07, 6.45) is 6.12. The molecule has 3 aliphatic heterocycles. The number of nitrogens with one attached hydrogen (secondary N) is 1. The van der Waals surface area contributed by atoms with Crippen LogP contribution in [-0.4, -0.2) is 71.2 Å². The Hall–Kier alpha value is -1.67. The predicted molar refractivity (Wildman–Crippen MR) is 103 cm³/mol. The predicted octanol–water partition coefficient (Wildman–Crippen LogP) is 1.25. The Bertz CT molecular complexity index is 661. The summed E-state index contributed by atoms with van der Waals surface area (Å²) in [6, 6.07) is 0. The summed E-state index contributed by atoms with van der Waals surface area (Å²) in [6.45, 7) is 8.10. The Labute approximate surface area is 161 Å². The van der Waals surface area contributed by atoms with Crippen LogP contribution in [0.4, 0.5) is 0 Å². The fraction of sp³-hybridized carbons (Fsp3) is 0.842. The first-order chi connectivity index (χ1) is 13.2. The number of aliphatic imine (C=N–C) groups is 1. The van der Waals surface area contributed by atoms with Crippen LogP contribution in [-0.2, 0) is 23.1 Å². The summed E-state index contributed by atoms with van der Waals surface area (Å²) in [4.78, 5) is 7.33. The van der Waals surface area contributed by atoms with Crippen LogP contribution in [0.25, 0.3) is 0 Å². The van der Waals surface area contributed by atoms with Gasteiger partial charge in [-0.2, -0.15) is 0 Å². The largest absolute Gasteiger partial charge is 0.381 e. The van der Waals surface area contributed by atoms with Gasteiger partial charge in [-0.25, -0.2) is 4.99 Å². The van der Waals surface area contributed by atoms with Crippen molar-refractivity contribution in [2.75, 3.05) is 39.5 Å². The molecule has 27 heavy (non-hydrogen) atoms. The van der Waals surface area contributed by atoms with Crippen molar-refractivity contribution < 1.29 is 9.47 Å². The van der Waals surface area contributed by atoms with Gasteiger partial charge in [0.1, 0.15) is 12.4 Å². The molecule has 0 bridgehead atoms. The van der Waals surface area contributed by atoms with Crippen LogP contribution < -0.4 is 5.32 Å². The molecule has 0 amide bonds. The Morgan fingerprint density at radius 3 is 2.81 bits per heavy atom. The molecular formula is C19H32N6O2. The van der Waals surface area contributed by atoms with Crippen molar-refractivity contribution in [2.45, 2.75) is 51.7 Å². The molecule has 1 spiro atoms. The van der Waals surface area contributed by atoms with Crippen molar-refractivity contribution in [3.8, 4) is 0 Å². The SMILES string of the molecule is Cc1nnc(CN=C(NCC2CCCO2)N2CCC3(CCOCC3)C2)n1C. The smallest absolute Gasteiger partial charge is 0.194 e. The normalized spacial score (nSPS) is 25.5. The Morgan fingerprint density at radius 1 is 1.26 bits per heavy atom. The molecule has 8 heteroatoms. The molecule has 0 saturated carbocycles. The molecule has 0 radical (unpaired) electrons. The molecule has 3 fully saturated rings. The second kappa shape index (κ2) is 8.14. The Kier molecular flexibility index (Phi) is 5.63. The number of hydrogen-bond acceptors (Lipinski definition) is 5. The van der Waals surface area contributed by atoms with Crippen LogP contribution in [0.1, 0.15) is 43.8 Å². The van der Waals surface area contributed by atoms with Crippen LogP contribution in [0.5, 0.6) is 0 Å². The van der Waals surface area contributed by atoms with E-state index in [-0.39, 0.29) is 0 Å². The maximum Gasteiger partial charge on any atom is 0.194 e. The van der Waals surface area contributed by atoms with E-state index < -0.39 is 0 Å². The molecular weight excluding hydrogens is 344 g/mol. The zero-order valence-corrected chi connectivity index (χ0v) is 16.6. The number of ether oxygens (including phenoxy) is 2. The molecule has 150 valence electrons. The first-order valence-corrected chi connectivity index (χ1v) is 10.2. The number of aromatic nitrogens is 3. The highest BCUT2D eigenvalue weighted by Crippen LogP contribution is 2.39. The molecule has 1 atom stereocenters. The monoisotopic (exact) mass is 376 g/mol. The third-order valence-electron chi connectivity index (χ3n) is 6.36. The summed E-state index contributed by atoms with van der Waals surface area (Å²) in [5.41, 5.74) is 0.395. The molecule has 8 nitrogen and oxygen atoms in total. The third-order valence-corrected chi connectivity index (χ3v) is 6.36. The van der Waals surface area contributed by atoms with Gasteiger partial charge in [0.15, 0.2) is 11.8 Å². The molecule has 4 rings (SSSR count). The van der Waals surface area contributed by atoms with E-state index in [1.165, 1.54) is 6.42 Å². The van der Waals surface area contributed by atoms with Gasteiger partial charge in [0, 0.05) is 46.5 Å². The summed E-state index contributed by atoms with van der Waals surface area (Å²) in [5.74, 6) is 2.79. The lowest BCUT2D eigenvalue weighted by Crippen LogP contribution is -2.44. The van der Waals surface area contributed by atoms with E-state index in [1.807, 2.05) is 18.5 Å². The number of guanidine groups is 1. The molecule has 3 aliphatic rings. The maximum absolute atomic E-state index is 5.78. The minimum atomic E-state index is 0.298. The minimum absolute atomic E-state index is 0.298. The molecule has 0 aromatic carbocycles. The summed E-state index contributed by atoms with van der Waals surface area (Å²) >= 11 is 0. The van der Waals surface area contributed by atoms with E-state index in [9.17, 15) is 0 Å². The standard InChI is InChI=1S/C19H32N6O2/c1-15-22-23-17(24(15)2)13-21-18(20-12-16-4-3-9-27-16)25-8-5-19(14-25)6-10-26-11-7-19/h16H,3-14H2,1-2H3,(H,20,21). The average Bonchev–Trinajstić information content (AvgIpc) is 3.40. The Morgan fingerprint density at radius 2 is 2.11 bits per heavy atom. The van der Waals surface area contributed by atoms with Gasteiger partial charge in [0.2, 0.25) is 0 Å². The van der Waals surface area contributed by atoms with Gasteiger partial charge in [-0.15, -0.1) is 10.2 Å². The minimum Gasteiger partial charge on any atom is -0.381 e. The number of rotatable bonds is 4. The van der Waals surface area contributed by atoms with Gasteiger partial charge in [-0.3, -0.25) is 0 Å². The number of aryl methyl sites for hydroxylation is 1. The molecule has 1 unspecified atom stereocenters. The third kappa shape index (κ3) is 4.27. The van der Waals surface area contributed by atoms with Gasteiger partial charge in [-0.05, 0) is 44.4 Å². The molecule has 1 N–H and O–H groups in total. The van der Waals surface area contributed by atoms with E-state index in [0.717, 1.165) is 82.7 Å². The molecule has 0 aliphatic carbocycles. The number of nitrogens with zero attached hydrogens (tertiary/aromatic N) is 5. The second-order valence-electron chi connectivity index (χ2n) is 8.16. The second-order valence-corrected chi connectivity index (χ2v) is 8.16. The van der Waals surface area contributed by atoms with Gasteiger partial charge in [-0.1, -0.05) is 0 Å². The van der Waals surface area contributed by atoms with Crippen molar-refractivity contribution in [1.82, 2.24) is 25.0 Å². The van der Waals surface area contributed by atoms with Crippen LogP contribution in [0.15, 0.2) is 4.99 Å². The molecule has 4 heterocycles. The van der Waals surface area contributed by atoms with Crippen molar-refractivity contribution >= 4 is 5.96 Å². The average molecular weight is 377 g/mol. The fourth-order valence-electron chi connectivity index (χ4n) is 4.34. The lowest BCUT2D eigenvalue weighted by Gasteiger charge is -2.33. The van der Waals surface area contributed by atoms with E-state index >= 15 is 0 Å². The molecule has 3 saturated heterocycles. The zero-order valence-electron chi connectivity index (χ0n) is 16.6. The Balaban J connectivity index is 1.45. The summed E-state index contributed by atoms with van der Waals surface area (Å²) < 4.78 is 13.4. The van der Waals surface area contributed by atoms with E-state index in [1.54, 1.807) is 0 Å². The molecule has 1 aromatic rings. The number of hydrogen-bond donors (Lipinski definition) is 1.